The van der Waals surface area contributed by atoms with E-state index in [4.69, 9.17) is 4.74 Å². The first-order valence-corrected chi connectivity index (χ1v) is 11.0. The molecule has 4 rings (SSSR count). The van der Waals surface area contributed by atoms with Crippen molar-refractivity contribution in [3.63, 3.8) is 0 Å². The molecule has 1 saturated heterocycles. The standard InChI is InChI=1S/C22H23N5O3S/c28-21(17-4-2-1-3-5-17)25-18-6-7-19(24-16-18)30-22(29)27-13-11-26(12-14-27)10-8-20-23-9-15-31-20/h1-7,9,15-16H,8,10-14H2,(H,25,28). The molecule has 0 aliphatic carbocycles. The lowest BCUT2D eigenvalue weighted by Gasteiger charge is -2.33. The molecule has 3 aromatic rings. The van der Waals surface area contributed by atoms with E-state index in [0.717, 1.165) is 31.1 Å². The predicted octanol–water partition coefficient (Wildman–Crippen LogP) is 3.15. The first-order chi connectivity index (χ1) is 15.2. The zero-order chi connectivity index (χ0) is 21.5. The van der Waals surface area contributed by atoms with Gasteiger partial charge in [0.15, 0.2) is 0 Å². The van der Waals surface area contributed by atoms with Crippen LogP contribution < -0.4 is 10.1 Å². The maximum atomic E-state index is 12.4. The number of pyridine rings is 1. The Balaban J connectivity index is 1.22. The topological polar surface area (TPSA) is 87.7 Å². The number of piperazine rings is 1. The number of hydrogen-bond donors (Lipinski definition) is 1. The van der Waals surface area contributed by atoms with Crippen molar-refractivity contribution in [2.24, 2.45) is 0 Å². The smallest absolute Gasteiger partial charge is 0.391 e. The second kappa shape index (κ2) is 10.1. The van der Waals surface area contributed by atoms with Crippen LogP contribution in [0.1, 0.15) is 15.4 Å². The van der Waals surface area contributed by atoms with Crippen LogP contribution in [0.15, 0.2) is 60.2 Å². The molecule has 1 N–H and O–H groups in total. The zero-order valence-corrected chi connectivity index (χ0v) is 17.8. The predicted molar refractivity (Wildman–Crippen MR) is 118 cm³/mol. The minimum atomic E-state index is -0.409. The lowest BCUT2D eigenvalue weighted by molar-refractivity contribution is 0.102. The molecule has 3 heterocycles. The molecular weight excluding hydrogens is 414 g/mol. The summed E-state index contributed by atoms with van der Waals surface area (Å²) in [6.45, 7) is 3.77. The van der Waals surface area contributed by atoms with Gasteiger partial charge in [-0.2, -0.15) is 0 Å². The van der Waals surface area contributed by atoms with E-state index in [2.05, 4.69) is 20.2 Å². The number of thiazole rings is 1. The Hall–Kier alpha value is -3.30. The molecule has 0 saturated carbocycles. The number of hydrogen-bond acceptors (Lipinski definition) is 7. The third-order valence-corrected chi connectivity index (χ3v) is 5.82. The maximum Gasteiger partial charge on any atom is 0.416 e. The highest BCUT2D eigenvalue weighted by Gasteiger charge is 2.23. The summed E-state index contributed by atoms with van der Waals surface area (Å²) < 4.78 is 5.39. The van der Waals surface area contributed by atoms with Gasteiger partial charge in [-0.15, -0.1) is 11.3 Å². The summed E-state index contributed by atoms with van der Waals surface area (Å²) in [5, 5.41) is 5.89. The van der Waals surface area contributed by atoms with Crippen LogP contribution in [-0.4, -0.2) is 64.5 Å². The Morgan fingerprint density at radius 1 is 1.03 bits per heavy atom. The highest BCUT2D eigenvalue weighted by atomic mass is 32.1. The van der Waals surface area contributed by atoms with Gasteiger partial charge >= 0.3 is 6.09 Å². The van der Waals surface area contributed by atoms with Crippen molar-refractivity contribution in [1.29, 1.82) is 0 Å². The average Bonchev–Trinajstić information content (AvgIpc) is 3.33. The fraction of sp³-hybridized carbons (Fsp3) is 0.273. The largest absolute Gasteiger partial charge is 0.416 e. The van der Waals surface area contributed by atoms with Crippen molar-refractivity contribution >= 4 is 29.0 Å². The number of nitrogens with one attached hydrogen (secondary N) is 1. The van der Waals surface area contributed by atoms with E-state index < -0.39 is 6.09 Å². The van der Waals surface area contributed by atoms with Crippen molar-refractivity contribution < 1.29 is 14.3 Å². The van der Waals surface area contributed by atoms with E-state index in [-0.39, 0.29) is 11.8 Å². The van der Waals surface area contributed by atoms with Gasteiger partial charge in [0.05, 0.1) is 16.9 Å². The summed E-state index contributed by atoms with van der Waals surface area (Å²) in [4.78, 5) is 37.1. The minimum Gasteiger partial charge on any atom is -0.391 e. The normalized spacial score (nSPS) is 14.3. The highest BCUT2D eigenvalue weighted by molar-refractivity contribution is 7.09. The Labute approximate surface area is 184 Å². The molecule has 0 unspecified atom stereocenters. The quantitative estimate of drug-likeness (QED) is 0.637. The Bertz CT molecular complexity index is 988. The van der Waals surface area contributed by atoms with Crippen LogP contribution in [0, 0.1) is 0 Å². The SMILES string of the molecule is O=C(Nc1ccc(OC(=O)N2CCN(CCc3nccs3)CC2)nc1)c1ccccc1. The Morgan fingerprint density at radius 2 is 1.84 bits per heavy atom. The second-order valence-electron chi connectivity index (χ2n) is 7.08. The van der Waals surface area contributed by atoms with Gasteiger partial charge in [-0.05, 0) is 18.2 Å². The number of anilines is 1. The molecule has 9 heteroatoms. The maximum absolute atomic E-state index is 12.4. The van der Waals surface area contributed by atoms with E-state index in [1.54, 1.807) is 52.6 Å². The van der Waals surface area contributed by atoms with Gasteiger partial charge in [-0.3, -0.25) is 9.69 Å². The van der Waals surface area contributed by atoms with Crippen molar-refractivity contribution in [3.8, 4) is 5.88 Å². The molecular formula is C22H23N5O3S. The minimum absolute atomic E-state index is 0.203. The number of carbonyl (C=O) groups excluding carboxylic acids is 2. The number of aromatic nitrogens is 2. The summed E-state index contributed by atoms with van der Waals surface area (Å²) in [7, 11) is 0. The fourth-order valence-corrected chi connectivity index (χ4v) is 3.86. The molecule has 0 spiro atoms. The third-order valence-electron chi connectivity index (χ3n) is 4.98. The molecule has 1 fully saturated rings. The number of nitrogens with zero attached hydrogens (tertiary/aromatic N) is 4. The molecule has 0 atom stereocenters. The third kappa shape index (κ3) is 5.87. The van der Waals surface area contributed by atoms with E-state index in [1.807, 2.05) is 17.6 Å². The average molecular weight is 438 g/mol. The van der Waals surface area contributed by atoms with Gasteiger partial charge in [0.1, 0.15) is 0 Å². The van der Waals surface area contributed by atoms with Gasteiger partial charge in [-0.25, -0.2) is 14.8 Å². The van der Waals surface area contributed by atoms with Crippen LogP contribution in [-0.2, 0) is 6.42 Å². The number of amides is 2. The molecule has 2 amide bonds. The van der Waals surface area contributed by atoms with Crippen molar-refractivity contribution in [3.05, 3.63) is 70.8 Å². The van der Waals surface area contributed by atoms with E-state index in [1.165, 1.54) is 6.20 Å². The Kier molecular flexibility index (Phi) is 6.85. The molecule has 2 aromatic heterocycles. The van der Waals surface area contributed by atoms with Gasteiger partial charge < -0.3 is 15.0 Å². The van der Waals surface area contributed by atoms with Crippen molar-refractivity contribution in [1.82, 2.24) is 19.8 Å². The summed E-state index contributed by atoms with van der Waals surface area (Å²) in [5.74, 6) is -0.0196. The lowest BCUT2D eigenvalue weighted by Crippen LogP contribution is -2.49. The van der Waals surface area contributed by atoms with Crippen LogP contribution in [0.2, 0.25) is 0 Å². The van der Waals surface area contributed by atoms with Crippen molar-refractivity contribution in [2.45, 2.75) is 6.42 Å². The first-order valence-electron chi connectivity index (χ1n) is 10.1. The van der Waals surface area contributed by atoms with Crippen LogP contribution in [0.5, 0.6) is 5.88 Å². The molecule has 0 radical (unpaired) electrons. The van der Waals surface area contributed by atoms with Crippen LogP contribution in [0.25, 0.3) is 0 Å². The molecule has 1 aliphatic rings. The summed E-state index contributed by atoms with van der Waals surface area (Å²) in [6.07, 6.45) is 3.82. The zero-order valence-electron chi connectivity index (χ0n) is 16.9. The van der Waals surface area contributed by atoms with Gasteiger partial charge in [0.2, 0.25) is 5.88 Å². The lowest BCUT2D eigenvalue weighted by atomic mass is 10.2. The van der Waals surface area contributed by atoms with Gasteiger partial charge in [0.25, 0.3) is 5.91 Å². The van der Waals surface area contributed by atoms with Crippen molar-refractivity contribution in [2.75, 3.05) is 38.0 Å². The van der Waals surface area contributed by atoms with Crippen LogP contribution in [0.3, 0.4) is 0 Å². The molecule has 1 aromatic carbocycles. The number of carbonyl (C=O) groups is 2. The number of benzene rings is 1. The van der Waals surface area contributed by atoms with Gasteiger partial charge in [-0.1, -0.05) is 18.2 Å². The number of ether oxygens (including phenoxy) is 1. The summed E-state index contributed by atoms with van der Waals surface area (Å²) in [5.41, 5.74) is 1.09. The highest BCUT2D eigenvalue weighted by Crippen LogP contribution is 2.15. The van der Waals surface area contributed by atoms with Gasteiger partial charge in [0, 0.05) is 62.4 Å². The van der Waals surface area contributed by atoms with Crippen LogP contribution in [0.4, 0.5) is 10.5 Å². The summed E-state index contributed by atoms with van der Waals surface area (Å²) in [6, 6.07) is 12.2. The van der Waals surface area contributed by atoms with E-state index >= 15 is 0 Å². The fourth-order valence-electron chi connectivity index (χ4n) is 3.25. The molecule has 8 nitrogen and oxygen atoms in total. The second-order valence-corrected chi connectivity index (χ2v) is 8.06. The first kappa shape index (κ1) is 21.0. The van der Waals surface area contributed by atoms with Crippen LogP contribution >= 0.6 is 11.3 Å². The Morgan fingerprint density at radius 3 is 2.52 bits per heavy atom. The number of rotatable bonds is 6. The molecule has 0 bridgehead atoms. The molecule has 160 valence electrons. The summed E-state index contributed by atoms with van der Waals surface area (Å²) >= 11 is 1.67. The van der Waals surface area contributed by atoms with E-state index in [0.29, 0.717) is 24.3 Å². The molecule has 1 aliphatic heterocycles. The van der Waals surface area contributed by atoms with E-state index in [9.17, 15) is 9.59 Å². The molecule has 31 heavy (non-hydrogen) atoms. The monoisotopic (exact) mass is 437 g/mol.